The predicted molar refractivity (Wildman–Crippen MR) is 78.8 cm³/mol. The van der Waals surface area contributed by atoms with Crippen molar-refractivity contribution >= 4 is 50.5 Å². The summed E-state index contributed by atoms with van der Waals surface area (Å²) in [6.45, 7) is 1.09. The van der Waals surface area contributed by atoms with Gasteiger partial charge in [0, 0.05) is 23.9 Å². The number of hydrogen-bond donors (Lipinski definition) is 0. The minimum Gasteiger partial charge on any atom is -0.425 e. The summed E-state index contributed by atoms with van der Waals surface area (Å²) in [7, 11) is 0. The molecule has 1 heterocycles. The Kier molecular flexibility index (Phi) is 5.13. The van der Waals surface area contributed by atoms with E-state index < -0.39 is 0 Å². The summed E-state index contributed by atoms with van der Waals surface area (Å²) in [6.07, 6.45) is 0.182. The molecule has 1 saturated heterocycles. The molecule has 1 aliphatic heterocycles. The van der Waals surface area contributed by atoms with Crippen molar-refractivity contribution in [1.82, 2.24) is 4.90 Å². The highest BCUT2D eigenvalue weighted by atomic mass is 79.9. The van der Waals surface area contributed by atoms with Crippen LogP contribution in [0.25, 0.3) is 0 Å². The zero-order valence-corrected chi connectivity index (χ0v) is 13.1. The van der Waals surface area contributed by atoms with Crippen molar-refractivity contribution in [3.8, 4) is 5.75 Å². The summed E-state index contributed by atoms with van der Waals surface area (Å²) in [5, 5.41) is 0.590. The molecule has 0 radical (unpaired) electrons. The van der Waals surface area contributed by atoms with Crippen LogP contribution in [0.2, 0.25) is 5.02 Å². The van der Waals surface area contributed by atoms with Gasteiger partial charge in [0.1, 0.15) is 5.75 Å². The minimum atomic E-state index is -0.368. The lowest BCUT2D eigenvalue weighted by Gasteiger charge is -2.13. The van der Waals surface area contributed by atoms with Crippen LogP contribution < -0.4 is 4.74 Å². The smallest absolute Gasteiger partial charge is 0.313 e. The topological polar surface area (TPSA) is 46.6 Å². The van der Waals surface area contributed by atoms with E-state index in [9.17, 15) is 9.59 Å². The normalized spacial score (nSPS) is 14.8. The molecule has 0 N–H and O–H groups in total. The highest BCUT2D eigenvalue weighted by molar-refractivity contribution is 9.10. The van der Waals surface area contributed by atoms with Gasteiger partial charge in [-0.15, -0.1) is 0 Å². The van der Waals surface area contributed by atoms with Crippen LogP contribution in [-0.4, -0.2) is 35.0 Å². The lowest BCUT2D eigenvalue weighted by atomic mass is 10.3. The van der Waals surface area contributed by atoms with Gasteiger partial charge in [-0.2, -0.15) is 0 Å². The zero-order valence-electron chi connectivity index (χ0n) is 9.90. The van der Waals surface area contributed by atoms with E-state index in [1.807, 2.05) is 0 Å². The van der Waals surface area contributed by atoms with E-state index in [2.05, 4.69) is 15.9 Å². The summed E-state index contributed by atoms with van der Waals surface area (Å²) in [6, 6.07) is 4.93. The number of esters is 1. The first-order valence-electron chi connectivity index (χ1n) is 5.63. The highest BCUT2D eigenvalue weighted by Crippen LogP contribution is 2.28. The lowest BCUT2D eigenvalue weighted by Crippen LogP contribution is -2.27. The summed E-state index contributed by atoms with van der Waals surface area (Å²) in [5.41, 5.74) is 0. The third-order valence-electron chi connectivity index (χ3n) is 2.55. The number of benzene rings is 1. The van der Waals surface area contributed by atoms with Gasteiger partial charge in [-0.05, 0) is 34.1 Å². The van der Waals surface area contributed by atoms with Gasteiger partial charge >= 0.3 is 5.97 Å². The van der Waals surface area contributed by atoms with Gasteiger partial charge in [-0.25, -0.2) is 0 Å². The largest absolute Gasteiger partial charge is 0.425 e. The third-order valence-corrected chi connectivity index (χ3v) is 4.30. The summed E-state index contributed by atoms with van der Waals surface area (Å²) in [5.74, 6) is 0.848. The molecule has 0 spiro atoms. The van der Waals surface area contributed by atoms with E-state index in [1.165, 1.54) is 11.8 Å². The SMILES string of the molecule is O=C(CCN1CCSC1=O)Oc1ccc(Cl)cc1Br. The Bertz CT molecular complexity index is 512. The molecule has 1 fully saturated rings. The van der Waals surface area contributed by atoms with Gasteiger partial charge in [-0.3, -0.25) is 9.59 Å². The predicted octanol–water partition coefficient (Wildman–Crippen LogP) is 3.57. The van der Waals surface area contributed by atoms with Crippen LogP contribution >= 0.6 is 39.3 Å². The molecule has 0 atom stereocenters. The molecule has 0 unspecified atom stereocenters. The van der Waals surface area contributed by atoms with Crippen molar-refractivity contribution in [3.05, 3.63) is 27.7 Å². The first kappa shape index (κ1) is 14.7. The van der Waals surface area contributed by atoms with Crippen molar-refractivity contribution < 1.29 is 14.3 Å². The second-order valence-electron chi connectivity index (χ2n) is 3.90. The van der Waals surface area contributed by atoms with Gasteiger partial charge in [0.05, 0.1) is 10.9 Å². The molecule has 0 bridgehead atoms. The molecule has 1 aromatic rings. The number of nitrogens with zero attached hydrogens (tertiary/aromatic N) is 1. The molecule has 0 aromatic heterocycles. The summed E-state index contributed by atoms with van der Waals surface area (Å²) >= 11 is 10.4. The third kappa shape index (κ3) is 4.12. The molecular weight excluding hydrogens is 354 g/mol. The van der Waals surface area contributed by atoms with E-state index in [4.69, 9.17) is 16.3 Å². The fourth-order valence-electron chi connectivity index (χ4n) is 1.59. The molecule has 102 valence electrons. The Balaban J connectivity index is 1.85. The zero-order chi connectivity index (χ0) is 13.8. The molecule has 4 nitrogen and oxygen atoms in total. The monoisotopic (exact) mass is 363 g/mol. The number of halogens is 2. The van der Waals surface area contributed by atoms with Crippen LogP contribution in [-0.2, 0) is 4.79 Å². The number of amides is 1. The second-order valence-corrected chi connectivity index (χ2v) is 6.24. The van der Waals surface area contributed by atoms with E-state index >= 15 is 0 Å². The van der Waals surface area contributed by atoms with E-state index in [0.717, 1.165) is 5.75 Å². The standard InChI is InChI=1S/C12H11BrClNO3S/c13-9-7-8(14)1-2-10(9)18-11(16)3-4-15-5-6-19-12(15)17/h1-2,7H,3-6H2. The first-order chi connectivity index (χ1) is 9.06. The number of thioether (sulfide) groups is 1. The Morgan fingerprint density at radius 1 is 1.53 bits per heavy atom. The number of carbonyl (C=O) groups excluding carboxylic acids is 2. The van der Waals surface area contributed by atoms with Crippen LogP contribution in [0.4, 0.5) is 4.79 Å². The Hall–Kier alpha value is -0.720. The number of hydrogen-bond acceptors (Lipinski definition) is 4. The quantitative estimate of drug-likeness (QED) is 0.605. The molecule has 19 heavy (non-hydrogen) atoms. The number of rotatable bonds is 4. The van der Waals surface area contributed by atoms with Gasteiger partial charge in [-0.1, -0.05) is 23.4 Å². The van der Waals surface area contributed by atoms with Gasteiger partial charge in [0.15, 0.2) is 0 Å². The Morgan fingerprint density at radius 2 is 2.32 bits per heavy atom. The summed E-state index contributed by atoms with van der Waals surface area (Å²) in [4.78, 5) is 24.7. The molecule has 2 rings (SSSR count). The average Bonchev–Trinajstić information content (AvgIpc) is 2.76. The maximum atomic E-state index is 11.7. The van der Waals surface area contributed by atoms with Crippen LogP contribution in [0.5, 0.6) is 5.75 Å². The van der Waals surface area contributed by atoms with Crippen LogP contribution in [0.15, 0.2) is 22.7 Å². The average molecular weight is 365 g/mol. The maximum absolute atomic E-state index is 11.7. The van der Waals surface area contributed by atoms with Gasteiger partial charge < -0.3 is 9.64 Å². The molecule has 0 aliphatic carbocycles. The van der Waals surface area contributed by atoms with Crippen LogP contribution in [0, 0.1) is 0 Å². The highest BCUT2D eigenvalue weighted by Gasteiger charge is 2.21. The molecular formula is C12H11BrClNO3S. The minimum absolute atomic E-state index is 0.0282. The van der Waals surface area contributed by atoms with Gasteiger partial charge in [0.2, 0.25) is 0 Å². The van der Waals surface area contributed by atoms with Crippen molar-refractivity contribution in [1.29, 1.82) is 0 Å². The van der Waals surface area contributed by atoms with E-state index in [-0.39, 0.29) is 17.6 Å². The van der Waals surface area contributed by atoms with Crippen molar-refractivity contribution in [2.24, 2.45) is 0 Å². The molecule has 1 aromatic carbocycles. The molecule has 0 saturated carbocycles. The second kappa shape index (κ2) is 6.63. The maximum Gasteiger partial charge on any atom is 0.313 e. The van der Waals surface area contributed by atoms with Crippen molar-refractivity contribution in [2.45, 2.75) is 6.42 Å². The molecule has 1 amide bonds. The fourth-order valence-corrected chi connectivity index (χ4v) is 3.20. The van der Waals surface area contributed by atoms with Gasteiger partial charge in [0.25, 0.3) is 5.24 Å². The van der Waals surface area contributed by atoms with E-state index in [1.54, 1.807) is 23.1 Å². The Morgan fingerprint density at radius 3 is 2.95 bits per heavy atom. The number of carbonyl (C=O) groups is 2. The fraction of sp³-hybridized carbons (Fsp3) is 0.333. The Labute approximate surface area is 128 Å². The molecule has 7 heteroatoms. The molecule has 1 aliphatic rings. The summed E-state index contributed by atoms with van der Waals surface area (Å²) < 4.78 is 5.83. The lowest BCUT2D eigenvalue weighted by molar-refractivity contribution is -0.134. The van der Waals surface area contributed by atoms with Crippen molar-refractivity contribution in [3.63, 3.8) is 0 Å². The van der Waals surface area contributed by atoms with E-state index in [0.29, 0.717) is 28.3 Å². The van der Waals surface area contributed by atoms with Crippen LogP contribution in [0.1, 0.15) is 6.42 Å². The number of ether oxygens (including phenoxy) is 1. The first-order valence-corrected chi connectivity index (χ1v) is 7.79. The van der Waals surface area contributed by atoms with Crippen molar-refractivity contribution in [2.75, 3.05) is 18.8 Å². The van der Waals surface area contributed by atoms with Crippen LogP contribution in [0.3, 0.4) is 0 Å².